The second-order valence-corrected chi connectivity index (χ2v) is 5.95. The molecule has 2 atom stereocenters. The second kappa shape index (κ2) is 3.73. The third-order valence-electron chi connectivity index (χ3n) is 4.42. The molecule has 3 fully saturated rings. The predicted octanol–water partition coefficient (Wildman–Crippen LogP) is 1.48. The minimum atomic E-state index is 0.397. The van der Waals surface area contributed by atoms with Crippen molar-refractivity contribution in [3.63, 3.8) is 0 Å². The molecule has 3 rings (SSSR count). The Kier molecular flexibility index (Phi) is 2.46. The average Bonchev–Trinajstić information content (AvgIpc) is 3.04. The van der Waals surface area contributed by atoms with Gasteiger partial charge >= 0.3 is 0 Å². The molecule has 16 heavy (non-hydrogen) atoms. The molecule has 90 valence electrons. The van der Waals surface area contributed by atoms with Crippen molar-refractivity contribution >= 4 is 5.91 Å². The van der Waals surface area contributed by atoms with Crippen LogP contribution >= 0.6 is 0 Å². The third kappa shape index (κ3) is 1.65. The van der Waals surface area contributed by atoms with Gasteiger partial charge in [0.15, 0.2) is 0 Å². The van der Waals surface area contributed by atoms with Crippen molar-refractivity contribution < 1.29 is 4.79 Å². The van der Waals surface area contributed by atoms with Crippen LogP contribution in [0.2, 0.25) is 0 Å². The van der Waals surface area contributed by atoms with Crippen LogP contribution in [0, 0.1) is 5.92 Å². The molecule has 0 aromatic heterocycles. The SMILES string of the molecule is CC(C)N1CC2CCC(C1)N2C(=O)C1CC1. The fourth-order valence-electron chi connectivity index (χ4n) is 3.26. The van der Waals surface area contributed by atoms with Gasteiger partial charge in [0.1, 0.15) is 0 Å². The Morgan fingerprint density at radius 3 is 2.06 bits per heavy atom. The van der Waals surface area contributed by atoms with Crippen molar-refractivity contribution in [3.8, 4) is 0 Å². The van der Waals surface area contributed by atoms with Gasteiger partial charge in [0.25, 0.3) is 0 Å². The molecule has 2 saturated heterocycles. The lowest BCUT2D eigenvalue weighted by Gasteiger charge is -2.43. The van der Waals surface area contributed by atoms with E-state index >= 15 is 0 Å². The van der Waals surface area contributed by atoms with E-state index in [2.05, 4.69) is 23.6 Å². The van der Waals surface area contributed by atoms with Gasteiger partial charge in [-0.2, -0.15) is 0 Å². The number of hydrogen-bond donors (Lipinski definition) is 0. The molecule has 1 amide bonds. The molecule has 2 unspecified atom stereocenters. The van der Waals surface area contributed by atoms with E-state index in [1.165, 1.54) is 12.8 Å². The van der Waals surface area contributed by atoms with Crippen molar-refractivity contribution in [2.75, 3.05) is 13.1 Å². The van der Waals surface area contributed by atoms with E-state index in [9.17, 15) is 4.79 Å². The number of rotatable bonds is 2. The van der Waals surface area contributed by atoms with Gasteiger partial charge in [0.2, 0.25) is 5.91 Å². The maximum Gasteiger partial charge on any atom is 0.226 e. The van der Waals surface area contributed by atoms with E-state index in [1.807, 2.05) is 0 Å². The van der Waals surface area contributed by atoms with Crippen molar-refractivity contribution in [2.24, 2.45) is 5.92 Å². The largest absolute Gasteiger partial charge is 0.334 e. The molecule has 0 radical (unpaired) electrons. The molecule has 0 N–H and O–H groups in total. The molecular formula is C13H22N2O. The lowest BCUT2D eigenvalue weighted by atomic mass is 10.1. The lowest BCUT2D eigenvalue weighted by Crippen LogP contribution is -2.57. The predicted molar refractivity (Wildman–Crippen MR) is 63.1 cm³/mol. The van der Waals surface area contributed by atoms with E-state index in [4.69, 9.17) is 0 Å². The highest BCUT2D eigenvalue weighted by Gasteiger charge is 2.46. The highest BCUT2D eigenvalue weighted by Crippen LogP contribution is 2.38. The first-order valence-electron chi connectivity index (χ1n) is 6.73. The molecule has 1 aliphatic carbocycles. The Labute approximate surface area is 97.8 Å². The smallest absolute Gasteiger partial charge is 0.226 e. The van der Waals surface area contributed by atoms with Gasteiger partial charge in [-0.25, -0.2) is 0 Å². The first kappa shape index (κ1) is 10.6. The van der Waals surface area contributed by atoms with Gasteiger partial charge in [0.05, 0.1) is 0 Å². The zero-order valence-electron chi connectivity index (χ0n) is 10.4. The zero-order chi connectivity index (χ0) is 11.3. The van der Waals surface area contributed by atoms with Crippen LogP contribution < -0.4 is 0 Å². The first-order valence-corrected chi connectivity index (χ1v) is 6.73. The van der Waals surface area contributed by atoms with Crippen molar-refractivity contribution in [3.05, 3.63) is 0 Å². The monoisotopic (exact) mass is 222 g/mol. The van der Waals surface area contributed by atoms with Crippen LogP contribution in [-0.2, 0) is 4.79 Å². The fourth-order valence-corrected chi connectivity index (χ4v) is 3.26. The number of amides is 1. The first-order chi connectivity index (χ1) is 7.66. The van der Waals surface area contributed by atoms with Crippen LogP contribution in [0.4, 0.5) is 0 Å². The Morgan fingerprint density at radius 2 is 1.62 bits per heavy atom. The number of likely N-dealkylation sites (tertiary alicyclic amines) is 1. The summed E-state index contributed by atoms with van der Waals surface area (Å²) in [5.74, 6) is 0.865. The highest BCUT2D eigenvalue weighted by molar-refractivity contribution is 5.82. The van der Waals surface area contributed by atoms with E-state index in [0.29, 0.717) is 30.0 Å². The maximum absolute atomic E-state index is 12.2. The van der Waals surface area contributed by atoms with Crippen molar-refractivity contribution in [2.45, 2.75) is 57.7 Å². The quantitative estimate of drug-likeness (QED) is 0.706. The number of carbonyl (C=O) groups excluding carboxylic acids is 1. The van der Waals surface area contributed by atoms with Crippen LogP contribution in [0.1, 0.15) is 39.5 Å². The molecule has 3 nitrogen and oxygen atoms in total. The Morgan fingerprint density at radius 1 is 1.06 bits per heavy atom. The number of carbonyl (C=O) groups is 1. The molecule has 0 aromatic rings. The molecule has 1 saturated carbocycles. The summed E-state index contributed by atoms with van der Waals surface area (Å²) in [5.41, 5.74) is 0. The van der Waals surface area contributed by atoms with Gasteiger partial charge in [-0.15, -0.1) is 0 Å². The third-order valence-corrected chi connectivity index (χ3v) is 4.42. The number of fused-ring (bicyclic) bond motifs is 2. The lowest BCUT2D eigenvalue weighted by molar-refractivity contribution is -0.138. The Bertz CT molecular complexity index is 284. The van der Waals surface area contributed by atoms with Crippen LogP contribution in [-0.4, -0.2) is 46.9 Å². The molecule has 0 spiro atoms. The summed E-state index contributed by atoms with van der Waals surface area (Å²) >= 11 is 0. The summed E-state index contributed by atoms with van der Waals surface area (Å²) in [6.45, 7) is 6.73. The number of nitrogens with zero attached hydrogens (tertiary/aromatic N) is 2. The van der Waals surface area contributed by atoms with Crippen LogP contribution in [0.15, 0.2) is 0 Å². The summed E-state index contributed by atoms with van der Waals surface area (Å²) < 4.78 is 0. The summed E-state index contributed by atoms with van der Waals surface area (Å²) in [4.78, 5) is 17.0. The number of hydrogen-bond acceptors (Lipinski definition) is 2. The summed E-state index contributed by atoms with van der Waals surface area (Å²) in [6, 6.07) is 1.67. The summed E-state index contributed by atoms with van der Waals surface area (Å²) in [7, 11) is 0. The van der Waals surface area contributed by atoms with Crippen molar-refractivity contribution in [1.29, 1.82) is 0 Å². The van der Waals surface area contributed by atoms with Gasteiger partial charge in [-0.05, 0) is 39.5 Å². The number of piperazine rings is 1. The van der Waals surface area contributed by atoms with Gasteiger partial charge in [-0.1, -0.05) is 0 Å². The normalized spacial score (nSPS) is 34.8. The van der Waals surface area contributed by atoms with E-state index in [0.717, 1.165) is 25.9 Å². The van der Waals surface area contributed by atoms with Crippen LogP contribution in [0.25, 0.3) is 0 Å². The minimum absolute atomic E-state index is 0.397. The van der Waals surface area contributed by atoms with Gasteiger partial charge in [0, 0.05) is 37.1 Å². The fraction of sp³-hybridized carbons (Fsp3) is 0.923. The Hall–Kier alpha value is -0.570. The summed E-state index contributed by atoms with van der Waals surface area (Å²) in [5, 5.41) is 0. The zero-order valence-corrected chi connectivity index (χ0v) is 10.4. The standard InChI is InChI=1S/C13H22N2O/c1-9(2)14-7-11-5-6-12(8-14)15(11)13(16)10-3-4-10/h9-12H,3-8H2,1-2H3. The van der Waals surface area contributed by atoms with Gasteiger partial charge < -0.3 is 4.90 Å². The van der Waals surface area contributed by atoms with E-state index in [1.54, 1.807) is 0 Å². The molecule has 2 aliphatic heterocycles. The molecular weight excluding hydrogens is 200 g/mol. The second-order valence-electron chi connectivity index (χ2n) is 5.95. The minimum Gasteiger partial charge on any atom is -0.334 e. The molecule has 3 heteroatoms. The molecule has 2 heterocycles. The molecule has 2 bridgehead atoms. The maximum atomic E-state index is 12.2. The van der Waals surface area contributed by atoms with Crippen LogP contribution in [0.3, 0.4) is 0 Å². The van der Waals surface area contributed by atoms with E-state index in [-0.39, 0.29) is 0 Å². The Balaban J connectivity index is 1.72. The van der Waals surface area contributed by atoms with E-state index < -0.39 is 0 Å². The van der Waals surface area contributed by atoms with Gasteiger partial charge in [-0.3, -0.25) is 9.69 Å². The summed E-state index contributed by atoms with van der Waals surface area (Å²) in [6.07, 6.45) is 4.74. The topological polar surface area (TPSA) is 23.6 Å². The highest BCUT2D eigenvalue weighted by atomic mass is 16.2. The van der Waals surface area contributed by atoms with Crippen molar-refractivity contribution in [1.82, 2.24) is 9.80 Å². The molecule has 0 aromatic carbocycles. The molecule has 3 aliphatic rings. The van der Waals surface area contributed by atoms with Crippen LogP contribution in [0.5, 0.6) is 0 Å². The average molecular weight is 222 g/mol.